The first kappa shape index (κ1) is 16.4. The zero-order valence-electron chi connectivity index (χ0n) is 14.4. The van der Waals surface area contributed by atoms with Crippen LogP contribution < -0.4 is 5.32 Å². The summed E-state index contributed by atoms with van der Waals surface area (Å²) in [5, 5.41) is 14.6. The van der Waals surface area contributed by atoms with Crippen molar-refractivity contribution < 1.29 is 9.72 Å². The van der Waals surface area contributed by atoms with E-state index in [9.17, 15) is 14.9 Å². The van der Waals surface area contributed by atoms with Gasteiger partial charge in [0.1, 0.15) is 5.69 Å². The second-order valence-electron chi connectivity index (χ2n) is 7.75. The number of nitrogens with zero attached hydrogens (tertiary/aromatic N) is 2. The van der Waals surface area contributed by atoms with E-state index in [0.29, 0.717) is 23.2 Å². The van der Waals surface area contributed by atoms with Gasteiger partial charge < -0.3 is 10.2 Å². The Bertz CT molecular complexity index is 686. The summed E-state index contributed by atoms with van der Waals surface area (Å²) in [5.74, 6) is 1.31. The first-order valence-electron chi connectivity index (χ1n) is 9.46. The monoisotopic (exact) mass is 343 g/mol. The average molecular weight is 343 g/mol. The minimum absolute atomic E-state index is 0.00491. The molecule has 134 valence electrons. The summed E-state index contributed by atoms with van der Waals surface area (Å²) in [5.41, 5.74) is 0.961. The molecule has 1 saturated heterocycles. The van der Waals surface area contributed by atoms with E-state index in [2.05, 4.69) is 5.32 Å². The van der Waals surface area contributed by atoms with E-state index in [1.807, 2.05) is 4.90 Å². The van der Waals surface area contributed by atoms with Crippen LogP contribution in [0.5, 0.6) is 0 Å². The summed E-state index contributed by atoms with van der Waals surface area (Å²) >= 11 is 0. The third kappa shape index (κ3) is 3.48. The van der Waals surface area contributed by atoms with Crippen LogP contribution in [0.1, 0.15) is 55.3 Å². The molecule has 0 unspecified atom stereocenters. The number of hydrogen-bond donors (Lipinski definition) is 1. The van der Waals surface area contributed by atoms with Crippen LogP contribution >= 0.6 is 0 Å². The SMILES string of the molecule is O=C(c1ccc(NC2CC2)c([N+](=O)[O-])c1)N1CC[C@@H]2CCCC[C@H]2C1. The molecule has 6 heteroatoms. The number of anilines is 1. The van der Waals surface area contributed by atoms with E-state index in [1.54, 1.807) is 12.1 Å². The molecule has 0 radical (unpaired) electrons. The minimum Gasteiger partial charge on any atom is -0.377 e. The molecule has 1 N–H and O–H groups in total. The fraction of sp³-hybridized carbons (Fsp3) is 0.632. The number of rotatable bonds is 4. The minimum atomic E-state index is -0.394. The number of carbonyl (C=O) groups is 1. The van der Waals surface area contributed by atoms with Crippen LogP contribution in [-0.4, -0.2) is 34.9 Å². The Hall–Kier alpha value is -2.11. The van der Waals surface area contributed by atoms with Gasteiger partial charge in [-0.1, -0.05) is 19.3 Å². The molecule has 1 aromatic carbocycles. The lowest BCUT2D eigenvalue weighted by Gasteiger charge is -2.41. The van der Waals surface area contributed by atoms with E-state index >= 15 is 0 Å². The summed E-state index contributed by atoms with van der Waals surface area (Å²) in [7, 11) is 0. The van der Waals surface area contributed by atoms with E-state index in [1.165, 1.54) is 31.7 Å². The van der Waals surface area contributed by atoms with Crippen LogP contribution in [0.3, 0.4) is 0 Å². The number of nitro benzene ring substituents is 1. The van der Waals surface area contributed by atoms with Crippen molar-refractivity contribution in [1.82, 2.24) is 4.90 Å². The number of amides is 1. The number of fused-ring (bicyclic) bond motifs is 1. The van der Waals surface area contributed by atoms with Gasteiger partial charge in [-0.3, -0.25) is 14.9 Å². The standard InChI is InChI=1S/C19H25N3O3/c23-19(21-10-9-13-3-1-2-4-15(13)12-21)14-5-8-17(20-16-6-7-16)18(11-14)22(24)25/h5,8,11,13,15-16,20H,1-4,6-7,9-10,12H2/t13-,15-/m0/s1. The van der Waals surface area contributed by atoms with Crippen LogP contribution in [0.25, 0.3) is 0 Å². The Morgan fingerprint density at radius 1 is 1.12 bits per heavy atom. The van der Waals surface area contributed by atoms with Gasteiger partial charge in [0, 0.05) is 30.8 Å². The van der Waals surface area contributed by atoms with Gasteiger partial charge in [-0.05, 0) is 49.7 Å². The average Bonchev–Trinajstić information content (AvgIpc) is 3.45. The number of carbonyl (C=O) groups excluding carboxylic acids is 1. The molecular formula is C19H25N3O3. The second kappa shape index (κ2) is 6.65. The lowest BCUT2D eigenvalue weighted by molar-refractivity contribution is -0.384. The molecule has 25 heavy (non-hydrogen) atoms. The number of piperidine rings is 1. The zero-order chi connectivity index (χ0) is 17.4. The molecule has 1 heterocycles. The Morgan fingerprint density at radius 3 is 2.60 bits per heavy atom. The molecule has 3 aliphatic rings. The van der Waals surface area contributed by atoms with Gasteiger partial charge in [-0.15, -0.1) is 0 Å². The molecule has 3 fully saturated rings. The predicted octanol–water partition coefficient (Wildman–Crippen LogP) is 3.82. The number of benzene rings is 1. The lowest BCUT2D eigenvalue weighted by atomic mass is 9.75. The summed E-state index contributed by atoms with van der Waals surface area (Å²) in [6, 6.07) is 5.20. The summed E-state index contributed by atoms with van der Waals surface area (Å²) < 4.78 is 0. The van der Waals surface area contributed by atoms with Gasteiger partial charge in [-0.25, -0.2) is 0 Å². The smallest absolute Gasteiger partial charge is 0.293 e. The molecule has 1 aromatic rings. The molecule has 0 aromatic heterocycles. The van der Waals surface area contributed by atoms with Crippen molar-refractivity contribution in [2.45, 2.75) is 51.0 Å². The number of likely N-dealkylation sites (tertiary alicyclic amines) is 1. The molecule has 2 atom stereocenters. The maximum atomic E-state index is 12.9. The van der Waals surface area contributed by atoms with Crippen molar-refractivity contribution in [2.75, 3.05) is 18.4 Å². The van der Waals surface area contributed by atoms with E-state index < -0.39 is 4.92 Å². The van der Waals surface area contributed by atoms with Crippen molar-refractivity contribution in [3.05, 3.63) is 33.9 Å². The van der Waals surface area contributed by atoms with Crippen molar-refractivity contribution in [1.29, 1.82) is 0 Å². The fourth-order valence-electron chi connectivity index (χ4n) is 4.35. The van der Waals surface area contributed by atoms with Gasteiger partial charge in [0.25, 0.3) is 11.6 Å². The van der Waals surface area contributed by atoms with Gasteiger partial charge in [0.05, 0.1) is 4.92 Å². The van der Waals surface area contributed by atoms with Gasteiger partial charge in [0.2, 0.25) is 0 Å². The topological polar surface area (TPSA) is 75.5 Å². The Balaban J connectivity index is 1.51. The highest BCUT2D eigenvalue weighted by Crippen LogP contribution is 2.37. The van der Waals surface area contributed by atoms with E-state index in [0.717, 1.165) is 38.3 Å². The Morgan fingerprint density at radius 2 is 1.88 bits per heavy atom. The number of hydrogen-bond acceptors (Lipinski definition) is 4. The van der Waals surface area contributed by atoms with Crippen LogP contribution in [0.4, 0.5) is 11.4 Å². The van der Waals surface area contributed by atoms with Gasteiger partial charge in [0.15, 0.2) is 0 Å². The first-order chi connectivity index (χ1) is 12.1. The first-order valence-corrected chi connectivity index (χ1v) is 9.46. The van der Waals surface area contributed by atoms with Crippen LogP contribution in [0, 0.1) is 22.0 Å². The Kier molecular flexibility index (Phi) is 4.36. The molecule has 1 aliphatic heterocycles. The molecule has 6 nitrogen and oxygen atoms in total. The largest absolute Gasteiger partial charge is 0.377 e. The third-order valence-corrected chi connectivity index (χ3v) is 5.96. The summed E-state index contributed by atoms with van der Waals surface area (Å²) in [4.78, 5) is 25.8. The lowest BCUT2D eigenvalue weighted by Crippen LogP contribution is -2.44. The van der Waals surface area contributed by atoms with E-state index in [-0.39, 0.29) is 11.6 Å². The quantitative estimate of drug-likeness (QED) is 0.666. The summed E-state index contributed by atoms with van der Waals surface area (Å²) in [6.45, 7) is 1.58. The summed E-state index contributed by atoms with van der Waals surface area (Å²) in [6.07, 6.45) is 8.24. The van der Waals surface area contributed by atoms with E-state index in [4.69, 9.17) is 0 Å². The normalized spacial score (nSPS) is 26.0. The molecular weight excluding hydrogens is 318 g/mol. The maximum absolute atomic E-state index is 12.9. The molecule has 1 amide bonds. The highest BCUT2D eigenvalue weighted by molar-refractivity contribution is 5.95. The maximum Gasteiger partial charge on any atom is 0.293 e. The predicted molar refractivity (Wildman–Crippen MR) is 95.7 cm³/mol. The van der Waals surface area contributed by atoms with Gasteiger partial charge >= 0.3 is 0 Å². The van der Waals surface area contributed by atoms with Gasteiger partial charge in [-0.2, -0.15) is 0 Å². The van der Waals surface area contributed by atoms with Crippen LogP contribution in [0.2, 0.25) is 0 Å². The number of nitro groups is 1. The number of nitrogens with one attached hydrogen (secondary N) is 1. The molecule has 4 rings (SSSR count). The molecule has 0 bridgehead atoms. The fourth-order valence-corrected chi connectivity index (χ4v) is 4.35. The second-order valence-corrected chi connectivity index (χ2v) is 7.75. The molecule has 2 saturated carbocycles. The Labute approximate surface area is 147 Å². The van der Waals surface area contributed by atoms with Crippen LogP contribution in [0.15, 0.2) is 18.2 Å². The highest BCUT2D eigenvalue weighted by atomic mass is 16.6. The zero-order valence-corrected chi connectivity index (χ0v) is 14.4. The third-order valence-electron chi connectivity index (χ3n) is 5.96. The van der Waals surface area contributed by atoms with Crippen LogP contribution in [-0.2, 0) is 0 Å². The van der Waals surface area contributed by atoms with Crippen molar-refractivity contribution >= 4 is 17.3 Å². The molecule has 0 spiro atoms. The van der Waals surface area contributed by atoms with Crippen molar-refractivity contribution in [3.8, 4) is 0 Å². The van der Waals surface area contributed by atoms with Crippen molar-refractivity contribution in [3.63, 3.8) is 0 Å². The van der Waals surface area contributed by atoms with Crippen molar-refractivity contribution in [2.24, 2.45) is 11.8 Å². The molecule has 2 aliphatic carbocycles. The highest BCUT2D eigenvalue weighted by Gasteiger charge is 2.34.